The van der Waals surface area contributed by atoms with E-state index in [2.05, 4.69) is 53.0 Å². The lowest BCUT2D eigenvalue weighted by Gasteiger charge is -2.48. The predicted octanol–water partition coefficient (Wildman–Crippen LogP) is 7.20. The molecule has 1 aliphatic carbocycles. The normalized spacial score (nSPS) is 24.4. The van der Waals surface area contributed by atoms with Crippen molar-refractivity contribution >= 4 is 0 Å². The number of hydrogen-bond acceptors (Lipinski definition) is 1. The molecule has 0 aromatic carbocycles. The summed E-state index contributed by atoms with van der Waals surface area (Å²) in [5, 5.41) is 0. The van der Waals surface area contributed by atoms with Crippen LogP contribution in [0, 0.1) is 22.7 Å². The molecule has 1 nitrogen and oxygen atoms in total. The number of allylic oxidation sites excluding steroid dienone is 1. The highest BCUT2D eigenvalue weighted by Gasteiger charge is 2.43. The smallest absolute Gasteiger partial charge is 0.0494 e. The molecule has 0 aromatic heterocycles. The van der Waals surface area contributed by atoms with Gasteiger partial charge >= 0.3 is 0 Å². The molecular formula is C24H43N. The number of hydrogen-bond donors (Lipinski definition) is 0. The number of rotatable bonds is 6. The molecule has 1 saturated carbocycles. The van der Waals surface area contributed by atoms with E-state index in [9.17, 15) is 0 Å². The SMILES string of the molecule is C=C(C)C1CCCN1C(=C)C(C1CCCCC1)C(C)(C)CC(C)(C)C. The van der Waals surface area contributed by atoms with Crippen molar-refractivity contribution in [2.75, 3.05) is 6.54 Å². The van der Waals surface area contributed by atoms with Crippen LogP contribution in [0.25, 0.3) is 0 Å². The molecule has 2 aliphatic rings. The maximum Gasteiger partial charge on any atom is 0.0494 e. The Hall–Kier alpha value is -0.720. The highest BCUT2D eigenvalue weighted by molar-refractivity contribution is 5.16. The third kappa shape index (κ3) is 5.14. The fourth-order valence-electron chi connectivity index (χ4n) is 6.11. The molecule has 0 amide bonds. The molecule has 2 unspecified atom stereocenters. The lowest BCUT2D eigenvalue weighted by molar-refractivity contribution is 0.0685. The van der Waals surface area contributed by atoms with Crippen LogP contribution in [0.4, 0.5) is 0 Å². The van der Waals surface area contributed by atoms with Crippen molar-refractivity contribution in [1.82, 2.24) is 4.90 Å². The minimum absolute atomic E-state index is 0.291. The van der Waals surface area contributed by atoms with Gasteiger partial charge in [-0.3, -0.25) is 0 Å². The van der Waals surface area contributed by atoms with Crippen molar-refractivity contribution in [1.29, 1.82) is 0 Å². The van der Waals surface area contributed by atoms with Crippen molar-refractivity contribution in [2.24, 2.45) is 22.7 Å². The fraction of sp³-hybridized carbons (Fsp3) is 0.833. The van der Waals surface area contributed by atoms with E-state index in [1.165, 1.54) is 69.2 Å². The number of nitrogens with zero attached hydrogens (tertiary/aromatic N) is 1. The van der Waals surface area contributed by atoms with Crippen LogP contribution in [0.2, 0.25) is 0 Å². The predicted molar refractivity (Wildman–Crippen MR) is 112 cm³/mol. The second-order valence-electron chi connectivity index (χ2n) is 10.8. The third-order valence-electron chi connectivity index (χ3n) is 6.50. The van der Waals surface area contributed by atoms with Gasteiger partial charge in [-0.15, -0.1) is 0 Å². The Morgan fingerprint density at radius 1 is 0.960 bits per heavy atom. The molecule has 25 heavy (non-hydrogen) atoms. The fourth-order valence-corrected chi connectivity index (χ4v) is 6.11. The van der Waals surface area contributed by atoms with Gasteiger partial charge in [-0.25, -0.2) is 0 Å². The van der Waals surface area contributed by atoms with Gasteiger partial charge in [0.25, 0.3) is 0 Å². The summed E-state index contributed by atoms with van der Waals surface area (Å²) in [7, 11) is 0. The van der Waals surface area contributed by atoms with Crippen molar-refractivity contribution in [3.8, 4) is 0 Å². The summed E-state index contributed by atoms with van der Waals surface area (Å²) in [6, 6.07) is 0.518. The zero-order valence-electron chi connectivity index (χ0n) is 18.0. The Morgan fingerprint density at radius 3 is 2.08 bits per heavy atom. The summed E-state index contributed by atoms with van der Waals surface area (Å²) in [5.74, 6) is 1.41. The van der Waals surface area contributed by atoms with Crippen molar-refractivity contribution in [3.05, 3.63) is 24.4 Å². The van der Waals surface area contributed by atoms with Crippen LogP contribution in [0.5, 0.6) is 0 Å². The van der Waals surface area contributed by atoms with Crippen LogP contribution in [-0.4, -0.2) is 17.5 Å². The Labute approximate surface area is 158 Å². The largest absolute Gasteiger partial charge is 0.368 e. The van der Waals surface area contributed by atoms with Gasteiger partial charge in [0.2, 0.25) is 0 Å². The van der Waals surface area contributed by atoms with E-state index in [0.29, 0.717) is 22.8 Å². The van der Waals surface area contributed by atoms with Gasteiger partial charge in [0, 0.05) is 24.2 Å². The lowest BCUT2D eigenvalue weighted by Crippen LogP contribution is -2.42. The molecule has 0 aromatic rings. The molecule has 2 rings (SSSR count). The Bertz CT molecular complexity index is 473. The summed E-state index contributed by atoms with van der Waals surface area (Å²) in [6.07, 6.45) is 10.8. The summed E-state index contributed by atoms with van der Waals surface area (Å²) in [4.78, 5) is 2.63. The quantitative estimate of drug-likeness (QED) is 0.460. The van der Waals surface area contributed by atoms with Gasteiger partial charge in [0.15, 0.2) is 0 Å². The molecular weight excluding hydrogens is 302 g/mol. The summed E-state index contributed by atoms with van der Waals surface area (Å²) < 4.78 is 0. The van der Waals surface area contributed by atoms with E-state index in [4.69, 9.17) is 6.58 Å². The minimum Gasteiger partial charge on any atom is -0.368 e. The van der Waals surface area contributed by atoms with Crippen molar-refractivity contribution < 1.29 is 0 Å². The van der Waals surface area contributed by atoms with Crippen LogP contribution in [0.3, 0.4) is 0 Å². The van der Waals surface area contributed by atoms with Gasteiger partial charge < -0.3 is 4.90 Å². The zero-order valence-corrected chi connectivity index (χ0v) is 18.0. The van der Waals surface area contributed by atoms with Gasteiger partial charge in [-0.2, -0.15) is 0 Å². The first-order chi connectivity index (χ1) is 11.5. The summed E-state index contributed by atoms with van der Waals surface area (Å²) in [6.45, 7) is 24.6. The molecule has 144 valence electrons. The summed E-state index contributed by atoms with van der Waals surface area (Å²) >= 11 is 0. The molecule has 0 N–H and O–H groups in total. The first-order valence-corrected chi connectivity index (χ1v) is 10.6. The first kappa shape index (κ1) is 20.6. The van der Waals surface area contributed by atoms with E-state index in [-0.39, 0.29) is 0 Å². The van der Waals surface area contributed by atoms with E-state index in [1.807, 2.05) is 0 Å². The van der Waals surface area contributed by atoms with Crippen LogP contribution >= 0.6 is 0 Å². The molecule has 2 atom stereocenters. The monoisotopic (exact) mass is 345 g/mol. The Balaban J connectivity index is 2.30. The lowest BCUT2D eigenvalue weighted by atomic mass is 9.61. The maximum atomic E-state index is 4.73. The van der Waals surface area contributed by atoms with Crippen LogP contribution in [0.15, 0.2) is 24.4 Å². The van der Waals surface area contributed by atoms with E-state index < -0.39 is 0 Å². The number of likely N-dealkylation sites (tertiary alicyclic amines) is 1. The van der Waals surface area contributed by atoms with Crippen LogP contribution < -0.4 is 0 Å². The molecule has 0 bridgehead atoms. The molecule has 1 aliphatic heterocycles. The Kier molecular flexibility index (Phi) is 6.50. The average molecular weight is 346 g/mol. The van der Waals surface area contributed by atoms with Crippen LogP contribution in [-0.2, 0) is 0 Å². The second-order valence-corrected chi connectivity index (χ2v) is 10.8. The topological polar surface area (TPSA) is 3.24 Å². The maximum absolute atomic E-state index is 4.73. The standard InChI is InChI=1S/C24H43N/c1-18(2)21-15-12-16-25(21)19(3)22(20-13-10-9-11-14-20)24(7,8)17-23(4,5)6/h20-22H,1,3,9-17H2,2,4-8H3. The Morgan fingerprint density at radius 2 is 1.56 bits per heavy atom. The highest BCUT2D eigenvalue weighted by Crippen LogP contribution is 2.50. The first-order valence-electron chi connectivity index (χ1n) is 10.6. The van der Waals surface area contributed by atoms with Crippen molar-refractivity contribution in [3.63, 3.8) is 0 Å². The molecule has 2 fully saturated rings. The molecule has 1 saturated heterocycles. The van der Waals surface area contributed by atoms with E-state index >= 15 is 0 Å². The minimum atomic E-state index is 0.291. The van der Waals surface area contributed by atoms with Gasteiger partial charge in [0.05, 0.1) is 0 Å². The second kappa shape index (κ2) is 7.89. The van der Waals surface area contributed by atoms with Crippen molar-refractivity contribution in [2.45, 2.75) is 99.0 Å². The highest BCUT2D eigenvalue weighted by atomic mass is 15.2. The molecule has 1 heterocycles. The third-order valence-corrected chi connectivity index (χ3v) is 6.50. The van der Waals surface area contributed by atoms with E-state index in [0.717, 1.165) is 5.92 Å². The molecule has 0 spiro atoms. The average Bonchev–Trinajstić information content (AvgIpc) is 2.95. The van der Waals surface area contributed by atoms with Gasteiger partial charge in [0.1, 0.15) is 0 Å². The van der Waals surface area contributed by atoms with E-state index in [1.54, 1.807) is 0 Å². The van der Waals surface area contributed by atoms with Gasteiger partial charge in [-0.1, -0.05) is 72.6 Å². The van der Waals surface area contributed by atoms with Crippen LogP contribution in [0.1, 0.15) is 92.9 Å². The molecule has 1 heteroatoms. The summed E-state index contributed by atoms with van der Waals surface area (Å²) in [5.41, 5.74) is 3.39. The zero-order chi connectivity index (χ0) is 18.8. The van der Waals surface area contributed by atoms with Gasteiger partial charge in [-0.05, 0) is 55.8 Å². The molecule has 0 radical (unpaired) electrons.